The Balaban J connectivity index is 1.99. The van der Waals surface area contributed by atoms with Gasteiger partial charge in [0.15, 0.2) is 6.10 Å². The van der Waals surface area contributed by atoms with E-state index in [0.29, 0.717) is 29.5 Å². The van der Waals surface area contributed by atoms with Gasteiger partial charge >= 0.3 is 0 Å². The van der Waals surface area contributed by atoms with E-state index in [4.69, 9.17) is 9.47 Å². The van der Waals surface area contributed by atoms with Crippen molar-refractivity contribution < 1.29 is 22.7 Å². The van der Waals surface area contributed by atoms with Crippen LogP contribution in [0.3, 0.4) is 0 Å². The molecule has 0 heterocycles. The SMILES string of the molecule is CCOc1cccc(NC(=O)C(C)Oc2ccc(N(C)S(C)(=O)=O)cc2)c1. The first-order chi connectivity index (χ1) is 12.7. The molecular weight excluding hydrogens is 368 g/mol. The number of nitrogens with one attached hydrogen (secondary N) is 1. The first-order valence-corrected chi connectivity index (χ1v) is 10.3. The first kappa shape index (κ1) is 20.6. The molecule has 2 aromatic rings. The van der Waals surface area contributed by atoms with Crippen molar-refractivity contribution in [3.05, 3.63) is 48.5 Å². The molecule has 0 saturated heterocycles. The molecule has 0 aromatic heterocycles. The van der Waals surface area contributed by atoms with E-state index >= 15 is 0 Å². The highest BCUT2D eigenvalue weighted by Crippen LogP contribution is 2.22. The Labute approximate surface area is 160 Å². The first-order valence-electron chi connectivity index (χ1n) is 8.45. The highest BCUT2D eigenvalue weighted by molar-refractivity contribution is 7.92. The number of amides is 1. The molecule has 0 fully saturated rings. The van der Waals surface area contributed by atoms with Crippen molar-refractivity contribution in [1.29, 1.82) is 0 Å². The van der Waals surface area contributed by atoms with Crippen LogP contribution >= 0.6 is 0 Å². The number of nitrogens with zero attached hydrogens (tertiary/aromatic N) is 1. The highest BCUT2D eigenvalue weighted by atomic mass is 32.2. The minimum atomic E-state index is -3.33. The van der Waals surface area contributed by atoms with E-state index < -0.39 is 16.1 Å². The van der Waals surface area contributed by atoms with E-state index in [2.05, 4.69) is 5.32 Å². The zero-order valence-corrected chi connectivity index (χ0v) is 16.6. The molecule has 1 amide bonds. The maximum absolute atomic E-state index is 12.3. The van der Waals surface area contributed by atoms with E-state index in [0.717, 1.165) is 10.6 Å². The van der Waals surface area contributed by atoms with Crippen molar-refractivity contribution in [2.45, 2.75) is 20.0 Å². The van der Waals surface area contributed by atoms with Crippen LogP contribution in [0.25, 0.3) is 0 Å². The number of ether oxygens (including phenoxy) is 2. The quantitative estimate of drug-likeness (QED) is 0.747. The van der Waals surface area contributed by atoms with Gasteiger partial charge in [0.1, 0.15) is 11.5 Å². The van der Waals surface area contributed by atoms with Crippen LogP contribution in [0.15, 0.2) is 48.5 Å². The van der Waals surface area contributed by atoms with Crippen LogP contribution in [-0.2, 0) is 14.8 Å². The summed E-state index contributed by atoms with van der Waals surface area (Å²) < 4.78 is 35.3. The van der Waals surface area contributed by atoms with Gasteiger partial charge in [-0.1, -0.05) is 6.07 Å². The van der Waals surface area contributed by atoms with Gasteiger partial charge in [-0.15, -0.1) is 0 Å². The zero-order valence-electron chi connectivity index (χ0n) is 15.8. The van der Waals surface area contributed by atoms with Crippen LogP contribution in [-0.4, -0.2) is 40.3 Å². The third-order valence-corrected chi connectivity index (χ3v) is 5.00. The van der Waals surface area contributed by atoms with Crippen LogP contribution in [0.1, 0.15) is 13.8 Å². The van der Waals surface area contributed by atoms with Gasteiger partial charge in [-0.25, -0.2) is 8.42 Å². The molecule has 2 aromatic carbocycles. The molecule has 27 heavy (non-hydrogen) atoms. The molecule has 0 aliphatic heterocycles. The largest absolute Gasteiger partial charge is 0.494 e. The van der Waals surface area contributed by atoms with Crippen molar-refractivity contribution in [3.8, 4) is 11.5 Å². The Bertz CT molecular complexity index is 881. The second kappa shape index (κ2) is 8.77. The third-order valence-electron chi connectivity index (χ3n) is 3.79. The van der Waals surface area contributed by atoms with E-state index in [1.165, 1.54) is 7.05 Å². The second-order valence-corrected chi connectivity index (χ2v) is 7.95. The lowest BCUT2D eigenvalue weighted by atomic mass is 10.2. The molecule has 146 valence electrons. The second-order valence-electron chi connectivity index (χ2n) is 5.93. The minimum Gasteiger partial charge on any atom is -0.494 e. The molecule has 8 heteroatoms. The molecule has 0 radical (unpaired) electrons. The highest BCUT2D eigenvalue weighted by Gasteiger charge is 2.16. The fourth-order valence-corrected chi connectivity index (χ4v) is 2.76. The molecule has 0 aliphatic rings. The fraction of sp³-hybridized carbons (Fsp3) is 0.316. The summed E-state index contributed by atoms with van der Waals surface area (Å²) in [5.74, 6) is 0.835. The van der Waals surface area contributed by atoms with Gasteiger partial charge < -0.3 is 14.8 Å². The lowest BCUT2D eigenvalue weighted by Crippen LogP contribution is -2.30. The van der Waals surface area contributed by atoms with E-state index in [9.17, 15) is 13.2 Å². The predicted molar refractivity (Wildman–Crippen MR) is 106 cm³/mol. The monoisotopic (exact) mass is 392 g/mol. The van der Waals surface area contributed by atoms with Crippen molar-refractivity contribution in [2.75, 3.05) is 29.5 Å². The Morgan fingerprint density at radius 3 is 2.41 bits per heavy atom. The van der Waals surface area contributed by atoms with Crippen LogP contribution in [0.2, 0.25) is 0 Å². The zero-order chi connectivity index (χ0) is 20.0. The molecule has 0 aliphatic carbocycles. The lowest BCUT2D eigenvalue weighted by Gasteiger charge is -2.18. The number of anilines is 2. The maximum atomic E-state index is 12.3. The Kier molecular flexibility index (Phi) is 6.68. The summed E-state index contributed by atoms with van der Waals surface area (Å²) >= 11 is 0. The van der Waals surface area contributed by atoms with Gasteiger partial charge in [-0.2, -0.15) is 0 Å². The Hall–Kier alpha value is -2.74. The van der Waals surface area contributed by atoms with Gasteiger partial charge in [0.2, 0.25) is 10.0 Å². The topological polar surface area (TPSA) is 84.9 Å². The third kappa shape index (κ3) is 5.89. The van der Waals surface area contributed by atoms with Gasteiger partial charge in [0.25, 0.3) is 5.91 Å². The Morgan fingerprint density at radius 1 is 1.15 bits per heavy atom. The molecule has 1 N–H and O–H groups in total. The summed E-state index contributed by atoms with van der Waals surface area (Å²) in [7, 11) is -1.86. The number of rotatable bonds is 8. The number of sulfonamides is 1. The number of hydrogen-bond acceptors (Lipinski definition) is 5. The standard InChI is InChI=1S/C19H24N2O5S/c1-5-25-18-8-6-7-15(13-18)20-19(22)14(2)26-17-11-9-16(10-12-17)21(3)27(4,23)24/h6-14H,5H2,1-4H3,(H,20,22). The number of benzene rings is 2. The van der Waals surface area contributed by atoms with Crippen LogP contribution in [0, 0.1) is 0 Å². The summed E-state index contributed by atoms with van der Waals surface area (Å²) in [6, 6.07) is 13.6. The lowest BCUT2D eigenvalue weighted by molar-refractivity contribution is -0.122. The minimum absolute atomic E-state index is 0.305. The van der Waals surface area contributed by atoms with Crippen molar-refractivity contribution in [3.63, 3.8) is 0 Å². The fourth-order valence-electron chi connectivity index (χ4n) is 2.26. The van der Waals surface area contributed by atoms with Gasteiger partial charge in [-0.05, 0) is 50.2 Å². The summed E-state index contributed by atoms with van der Waals surface area (Å²) in [6.45, 7) is 4.07. The summed E-state index contributed by atoms with van der Waals surface area (Å²) in [6.07, 6.45) is 0.393. The smallest absolute Gasteiger partial charge is 0.265 e. The Morgan fingerprint density at radius 2 is 1.81 bits per heavy atom. The summed E-state index contributed by atoms with van der Waals surface area (Å²) in [4.78, 5) is 12.3. The predicted octanol–water partition coefficient (Wildman–Crippen LogP) is 2.89. The summed E-state index contributed by atoms with van der Waals surface area (Å²) in [5.41, 5.74) is 1.13. The summed E-state index contributed by atoms with van der Waals surface area (Å²) in [5, 5.41) is 2.78. The van der Waals surface area contributed by atoms with Crippen molar-refractivity contribution >= 4 is 27.3 Å². The van der Waals surface area contributed by atoms with Crippen molar-refractivity contribution in [1.82, 2.24) is 0 Å². The molecule has 1 unspecified atom stereocenters. The average molecular weight is 392 g/mol. The van der Waals surface area contributed by atoms with Gasteiger partial charge in [0, 0.05) is 18.8 Å². The van der Waals surface area contributed by atoms with E-state index in [1.54, 1.807) is 49.4 Å². The number of carbonyl (C=O) groups is 1. The number of carbonyl (C=O) groups excluding carboxylic acids is 1. The molecule has 0 bridgehead atoms. The molecule has 1 atom stereocenters. The van der Waals surface area contributed by atoms with E-state index in [1.807, 2.05) is 13.0 Å². The molecule has 0 saturated carbocycles. The number of hydrogen-bond donors (Lipinski definition) is 1. The molecule has 2 rings (SSSR count). The normalized spacial score (nSPS) is 12.1. The van der Waals surface area contributed by atoms with Gasteiger partial charge in [0.05, 0.1) is 18.6 Å². The average Bonchev–Trinajstić information content (AvgIpc) is 2.61. The van der Waals surface area contributed by atoms with Crippen molar-refractivity contribution in [2.24, 2.45) is 0 Å². The molecule has 7 nitrogen and oxygen atoms in total. The van der Waals surface area contributed by atoms with E-state index in [-0.39, 0.29) is 5.91 Å². The van der Waals surface area contributed by atoms with Gasteiger partial charge in [-0.3, -0.25) is 9.10 Å². The van der Waals surface area contributed by atoms with Crippen LogP contribution < -0.4 is 19.1 Å². The molecule has 0 spiro atoms. The van der Waals surface area contributed by atoms with Crippen LogP contribution in [0.4, 0.5) is 11.4 Å². The van der Waals surface area contributed by atoms with Crippen LogP contribution in [0.5, 0.6) is 11.5 Å². The molecular formula is C19H24N2O5S. The maximum Gasteiger partial charge on any atom is 0.265 e.